The Morgan fingerprint density at radius 1 is 1.14 bits per heavy atom. The van der Waals surface area contributed by atoms with Gasteiger partial charge in [0.05, 0.1) is 5.56 Å². The van der Waals surface area contributed by atoms with E-state index in [9.17, 15) is 18.0 Å². The number of anilines is 1. The first-order valence-electron chi connectivity index (χ1n) is 8.59. The number of fused-ring (bicyclic) bond motifs is 1. The van der Waals surface area contributed by atoms with Crippen molar-refractivity contribution in [3.8, 4) is 5.75 Å². The minimum atomic E-state index is -4.31. The van der Waals surface area contributed by atoms with Crippen molar-refractivity contribution < 1.29 is 27.1 Å². The highest BCUT2D eigenvalue weighted by Crippen LogP contribution is 2.39. The molecule has 0 bridgehead atoms. The number of hydrogen-bond acceptors (Lipinski definition) is 5. The Labute approximate surface area is 165 Å². The van der Waals surface area contributed by atoms with Crippen LogP contribution in [0.1, 0.15) is 15.9 Å². The molecule has 3 aromatic carbocycles. The van der Waals surface area contributed by atoms with Gasteiger partial charge in [0, 0.05) is 5.39 Å². The minimum absolute atomic E-state index is 0.147. The van der Waals surface area contributed by atoms with E-state index in [-0.39, 0.29) is 16.7 Å². The maximum absolute atomic E-state index is 15.4. The van der Waals surface area contributed by atoms with Gasteiger partial charge in [-0.2, -0.15) is 8.42 Å². The van der Waals surface area contributed by atoms with Crippen molar-refractivity contribution in [2.45, 2.75) is 6.92 Å². The molecular formula is C20H15FN2O5S. The summed E-state index contributed by atoms with van der Waals surface area (Å²) < 4.78 is 47.8. The predicted octanol–water partition coefficient (Wildman–Crippen LogP) is 2.69. The number of carbonyl (C=O) groups is 2. The number of amides is 1. The lowest BCUT2D eigenvalue weighted by Crippen LogP contribution is -2.31. The standard InChI is InChI=1S/C20H15FN2O5S/c1-12-7-8-14-10-16(28-20(25)13-5-3-2-4-6-13)19(18(21)15(14)9-12)23-11-17(24)22-29(23,26)27/h2-10H,11H2,1H3,(H,22,24). The normalized spacial score (nSPS) is 15.4. The predicted molar refractivity (Wildman–Crippen MR) is 104 cm³/mol. The van der Waals surface area contributed by atoms with Gasteiger partial charge < -0.3 is 4.74 Å². The van der Waals surface area contributed by atoms with Gasteiger partial charge in [0.25, 0.3) is 5.91 Å². The summed E-state index contributed by atoms with van der Waals surface area (Å²) in [5, 5.41) is 0.567. The third kappa shape index (κ3) is 3.40. The second kappa shape index (κ2) is 6.85. The van der Waals surface area contributed by atoms with Gasteiger partial charge in [-0.1, -0.05) is 35.9 Å². The van der Waals surface area contributed by atoms with Crippen molar-refractivity contribution in [1.29, 1.82) is 0 Å². The zero-order valence-electron chi connectivity index (χ0n) is 15.2. The van der Waals surface area contributed by atoms with Crippen molar-refractivity contribution in [1.82, 2.24) is 4.72 Å². The molecule has 0 saturated carbocycles. The van der Waals surface area contributed by atoms with Crippen LogP contribution in [0.5, 0.6) is 5.75 Å². The number of nitrogens with one attached hydrogen (secondary N) is 1. The lowest BCUT2D eigenvalue weighted by atomic mass is 10.1. The fraction of sp³-hybridized carbons (Fsp3) is 0.100. The summed E-state index contributed by atoms with van der Waals surface area (Å²) in [5.74, 6) is -2.79. The Kier molecular flexibility index (Phi) is 4.46. The molecule has 1 aliphatic heterocycles. The number of halogens is 1. The summed E-state index contributed by atoms with van der Waals surface area (Å²) in [6.45, 7) is 1.14. The van der Waals surface area contributed by atoms with E-state index in [4.69, 9.17) is 4.74 Å². The molecule has 0 aromatic heterocycles. The zero-order valence-corrected chi connectivity index (χ0v) is 16.0. The van der Waals surface area contributed by atoms with Crippen LogP contribution in [0, 0.1) is 12.7 Å². The molecular weight excluding hydrogens is 399 g/mol. The van der Waals surface area contributed by atoms with Crippen LogP contribution in [0.2, 0.25) is 0 Å². The molecule has 1 N–H and O–H groups in total. The average Bonchev–Trinajstić information content (AvgIpc) is 2.95. The number of ether oxygens (including phenoxy) is 1. The third-order valence-electron chi connectivity index (χ3n) is 4.45. The Hall–Kier alpha value is -3.46. The fourth-order valence-corrected chi connectivity index (χ4v) is 4.28. The first-order chi connectivity index (χ1) is 13.8. The molecule has 29 heavy (non-hydrogen) atoms. The lowest BCUT2D eigenvalue weighted by molar-refractivity contribution is -0.117. The third-order valence-corrected chi connectivity index (χ3v) is 5.83. The van der Waals surface area contributed by atoms with Gasteiger partial charge in [-0.25, -0.2) is 18.2 Å². The Balaban J connectivity index is 1.91. The zero-order chi connectivity index (χ0) is 20.8. The molecule has 1 amide bonds. The van der Waals surface area contributed by atoms with Crippen LogP contribution < -0.4 is 13.8 Å². The number of carbonyl (C=O) groups excluding carboxylic acids is 2. The van der Waals surface area contributed by atoms with Crippen molar-refractivity contribution >= 4 is 38.5 Å². The lowest BCUT2D eigenvalue weighted by Gasteiger charge is -2.20. The molecule has 0 unspecified atom stereocenters. The van der Waals surface area contributed by atoms with E-state index in [0.717, 1.165) is 5.56 Å². The summed E-state index contributed by atoms with van der Waals surface area (Å²) in [4.78, 5) is 24.2. The minimum Gasteiger partial charge on any atom is -0.421 e. The van der Waals surface area contributed by atoms with Crippen LogP contribution in [0.25, 0.3) is 10.8 Å². The summed E-state index contributed by atoms with van der Waals surface area (Å²) in [6.07, 6.45) is 0. The SMILES string of the molecule is Cc1ccc2cc(OC(=O)c3ccccc3)c(N3CC(=O)NS3(=O)=O)c(F)c2c1. The van der Waals surface area contributed by atoms with E-state index >= 15 is 4.39 Å². The number of benzene rings is 3. The van der Waals surface area contributed by atoms with E-state index < -0.39 is 40.1 Å². The Morgan fingerprint density at radius 2 is 1.86 bits per heavy atom. The van der Waals surface area contributed by atoms with Gasteiger partial charge in [0.1, 0.15) is 12.2 Å². The van der Waals surface area contributed by atoms with Gasteiger partial charge in [-0.15, -0.1) is 0 Å². The molecule has 0 radical (unpaired) electrons. The summed E-state index contributed by atoms with van der Waals surface area (Å²) in [6, 6.07) is 14.3. The first-order valence-corrected chi connectivity index (χ1v) is 10.0. The van der Waals surface area contributed by atoms with E-state index in [1.165, 1.54) is 18.2 Å². The van der Waals surface area contributed by atoms with Crippen LogP contribution in [0.15, 0.2) is 54.6 Å². The first kappa shape index (κ1) is 18.9. The fourth-order valence-electron chi connectivity index (χ4n) is 3.12. The monoisotopic (exact) mass is 414 g/mol. The van der Waals surface area contributed by atoms with Gasteiger partial charge in [0.15, 0.2) is 11.6 Å². The van der Waals surface area contributed by atoms with E-state index in [2.05, 4.69) is 0 Å². The van der Waals surface area contributed by atoms with Gasteiger partial charge in [0.2, 0.25) is 0 Å². The maximum Gasteiger partial charge on any atom is 0.343 e. The van der Waals surface area contributed by atoms with E-state index in [1.807, 2.05) is 0 Å². The molecule has 1 heterocycles. The highest BCUT2D eigenvalue weighted by Gasteiger charge is 2.38. The summed E-state index contributed by atoms with van der Waals surface area (Å²) in [7, 11) is -4.31. The molecule has 1 aliphatic rings. The van der Waals surface area contributed by atoms with Crippen molar-refractivity contribution in [3.05, 3.63) is 71.5 Å². The molecule has 1 saturated heterocycles. The maximum atomic E-state index is 15.4. The summed E-state index contributed by atoms with van der Waals surface area (Å²) >= 11 is 0. The topological polar surface area (TPSA) is 92.8 Å². The van der Waals surface area contributed by atoms with Crippen molar-refractivity contribution in [3.63, 3.8) is 0 Å². The second-order valence-corrected chi connectivity index (χ2v) is 8.15. The Morgan fingerprint density at radius 3 is 2.52 bits per heavy atom. The molecule has 7 nitrogen and oxygen atoms in total. The number of nitrogens with zero attached hydrogens (tertiary/aromatic N) is 1. The highest BCUT2D eigenvalue weighted by molar-refractivity contribution is 7.92. The quantitative estimate of drug-likeness (QED) is 0.526. The molecule has 0 spiro atoms. The highest BCUT2D eigenvalue weighted by atomic mass is 32.2. The number of aryl methyl sites for hydroxylation is 1. The van der Waals surface area contributed by atoms with Crippen LogP contribution in [0.3, 0.4) is 0 Å². The molecule has 1 fully saturated rings. The Bertz CT molecular complexity index is 1260. The largest absolute Gasteiger partial charge is 0.421 e. The molecule has 0 atom stereocenters. The van der Waals surface area contributed by atoms with Crippen LogP contribution in [0.4, 0.5) is 10.1 Å². The molecule has 0 aliphatic carbocycles. The smallest absolute Gasteiger partial charge is 0.343 e. The number of hydrogen-bond donors (Lipinski definition) is 1. The van der Waals surface area contributed by atoms with Gasteiger partial charge >= 0.3 is 16.2 Å². The molecule has 3 aromatic rings. The molecule has 9 heteroatoms. The van der Waals surface area contributed by atoms with Crippen molar-refractivity contribution in [2.75, 3.05) is 10.8 Å². The van der Waals surface area contributed by atoms with E-state index in [0.29, 0.717) is 9.69 Å². The summed E-state index contributed by atoms with van der Waals surface area (Å²) in [5.41, 5.74) is 0.474. The van der Waals surface area contributed by atoms with Gasteiger partial charge in [-0.3, -0.25) is 4.79 Å². The van der Waals surface area contributed by atoms with Crippen LogP contribution in [-0.2, 0) is 15.0 Å². The number of esters is 1. The average molecular weight is 414 g/mol. The molecule has 4 rings (SSSR count). The van der Waals surface area contributed by atoms with Crippen molar-refractivity contribution in [2.24, 2.45) is 0 Å². The second-order valence-electron chi connectivity index (χ2n) is 6.55. The van der Waals surface area contributed by atoms with Crippen LogP contribution in [-0.4, -0.2) is 26.8 Å². The number of rotatable bonds is 3. The molecule has 148 valence electrons. The van der Waals surface area contributed by atoms with Crippen LogP contribution >= 0.6 is 0 Å². The van der Waals surface area contributed by atoms with Gasteiger partial charge in [-0.05, 0) is 36.6 Å². The van der Waals surface area contributed by atoms with E-state index in [1.54, 1.807) is 48.0 Å².